The second-order valence-corrected chi connectivity index (χ2v) is 3.78. The quantitative estimate of drug-likeness (QED) is 0.872. The van der Waals surface area contributed by atoms with Crippen molar-refractivity contribution in [1.82, 2.24) is 4.98 Å². The van der Waals surface area contributed by atoms with Crippen LogP contribution >= 0.6 is 0 Å². The fraction of sp³-hybridized carbons (Fsp3) is 0.214. The van der Waals surface area contributed by atoms with E-state index in [1.165, 1.54) is 0 Å². The van der Waals surface area contributed by atoms with Gasteiger partial charge in [0.05, 0.1) is 7.11 Å². The van der Waals surface area contributed by atoms with Crippen LogP contribution in [0.5, 0.6) is 5.75 Å². The van der Waals surface area contributed by atoms with Gasteiger partial charge in [-0.1, -0.05) is 24.3 Å². The summed E-state index contributed by atoms with van der Waals surface area (Å²) in [5.74, 6) is 0.931. The molecule has 0 amide bonds. The first-order valence-electron chi connectivity index (χ1n) is 5.60. The molecule has 0 aliphatic rings. The topological polar surface area (TPSA) is 48.1 Å². The fourth-order valence-corrected chi connectivity index (χ4v) is 1.94. The van der Waals surface area contributed by atoms with Crippen molar-refractivity contribution in [2.24, 2.45) is 5.73 Å². The summed E-state index contributed by atoms with van der Waals surface area (Å²) >= 11 is 0. The van der Waals surface area contributed by atoms with E-state index in [1.807, 2.05) is 42.5 Å². The minimum absolute atomic E-state index is 0.0762. The van der Waals surface area contributed by atoms with E-state index >= 15 is 0 Å². The van der Waals surface area contributed by atoms with Crippen LogP contribution < -0.4 is 10.5 Å². The highest BCUT2D eigenvalue weighted by Crippen LogP contribution is 2.29. The van der Waals surface area contributed by atoms with Crippen molar-refractivity contribution >= 4 is 0 Å². The first-order chi connectivity index (χ1) is 8.36. The number of ether oxygens (including phenoxy) is 1. The van der Waals surface area contributed by atoms with Gasteiger partial charge in [-0.3, -0.25) is 4.98 Å². The lowest BCUT2D eigenvalue weighted by molar-refractivity contribution is 0.407. The van der Waals surface area contributed by atoms with Gasteiger partial charge in [-0.2, -0.15) is 0 Å². The Kier molecular flexibility index (Phi) is 3.73. The Morgan fingerprint density at radius 1 is 1.18 bits per heavy atom. The number of para-hydroxylation sites is 1. The van der Waals surface area contributed by atoms with Crippen LogP contribution in [0.25, 0.3) is 0 Å². The first-order valence-corrected chi connectivity index (χ1v) is 5.60. The summed E-state index contributed by atoms with van der Waals surface area (Å²) in [6, 6.07) is 13.8. The number of benzene rings is 1. The molecule has 1 aromatic carbocycles. The van der Waals surface area contributed by atoms with Gasteiger partial charge >= 0.3 is 0 Å². The summed E-state index contributed by atoms with van der Waals surface area (Å²) in [6.45, 7) is 0.511. The van der Waals surface area contributed by atoms with Crippen LogP contribution in [0, 0.1) is 0 Å². The van der Waals surface area contributed by atoms with Crippen molar-refractivity contribution in [3.8, 4) is 5.75 Å². The van der Waals surface area contributed by atoms with Crippen LogP contribution in [0.3, 0.4) is 0 Å². The molecule has 88 valence electrons. The lowest BCUT2D eigenvalue weighted by atomic mass is 9.94. The molecule has 1 atom stereocenters. The summed E-state index contributed by atoms with van der Waals surface area (Å²) in [6.07, 6.45) is 1.79. The molecule has 1 aromatic heterocycles. The van der Waals surface area contributed by atoms with Crippen LogP contribution in [-0.4, -0.2) is 18.6 Å². The number of nitrogens with zero attached hydrogens (tertiary/aromatic N) is 1. The van der Waals surface area contributed by atoms with Crippen LogP contribution in [-0.2, 0) is 0 Å². The molecule has 2 rings (SSSR count). The molecule has 2 N–H and O–H groups in total. The van der Waals surface area contributed by atoms with Crippen LogP contribution in [0.2, 0.25) is 0 Å². The maximum absolute atomic E-state index is 5.86. The van der Waals surface area contributed by atoms with Gasteiger partial charge in [-0.05, 0) is 18.2 Å². The van der Waals surface area contributed by atoms with Gasteiger partial charge in [-0.15, -0.1) is 0 Å². The lowest BCUT2D eigenvalue weighted by Crippen LogP contribution is -2.15. The van der Waals surface area contributed by atoms with Crippen LogP contribution in [0.4, 0.5) is 0 Å². The van der Waals surface area contributed by atoms with E-state index in [-0.39, 0.29) is 5.92 Å². The fourth-order valence-electron chi connectivity index (χ4n) is 1.94. The number of pyridine rings is 1. The van der Waals surface area contributed by atoms with E-state index in [9.17, 15) is 0 Å². The van der Waals surface area contributed by atoms with E-state index in [2.05, 4.69) is 4.98 Å². The summed E-state index contributed by atoms with van der Waals surface area (Å²) in [7, 11) is 1.67. The van der Waals surface area contributed by atoms with Crippen LogP contribution in [0.1, 0.15) is 17.2 Å². The zero-order valence-electron chi connectivity index (χ0n) is 9.84. The maximum Gasteiger partial charge on any atom is 0.122 e. The average molecular weight is 228 g/mol. The lowest BCUT2D eigenvalue weighted by Gasteiger charge is -2.17. The van der Waals surface area contributed by atoms with Gasteiger partial charge in [0.1, 0.15) is 5.75 Å². The van der Waals surface area contributed by atoms with E-state index in [4.69, 9.17) is 10.5 Å². The molecule has 0 bridgehead atoms. The Labute approximate surface area is 101 Å². The largest absolute Gasteiger partial charge is 0.496 e. The molecule has 0 aliphatic carbocycles. The van der Waals surface area contributed by atoms with Crippen molar-refractivity contribution in [1.29, 1.82) is 0 Å². The third-order valence-electron chi connectivity index (χ3n) is 2.79. The number of aromatic nitrogens is 1. The third-order valence-corrected chi connectivity index (χ3v) is 2.79. The smallest absolute Gasteiger partial charge is 0.122 e. The van der Waals surface area contributed by atoms with E-state index in [0.717, 1.165) is 17.0 Å². The van der Waals surface area contributed by atoms with E-state index < -0.39 is 0 Å². The molecule has 17 heavy (non-hydrogen) atoms. The van der Waals surface area contributed by atoms with Crippen molar-refractivity contribution < 1.29 is 4.74 Å². The minimum atomic E-state index is 0.0762. The monoisotopic (exact) mass is 228 g/mol. The third kappa shape index (κ3) is 2.45. The molecule has 0 saturated heterocycles. The molecular weight excluding hydrogens is 212 g/mol. The highest BCUT2D eigenvalue weighted by atomic mass is 16.5. The Morgan fingerprint density at radius 3 is 2.59 bits per heavy atom. The second kappa shape index (κ2) is 5.46. The van der Waals surface area contributed by atoms with Crippen molar-refractivity contribution in [2.75, 3.05) is 13.7 Å². The van der Waals surface area contributed by atoms with Crippen molar-refractivity contribution in [2.45, 2.75) is 5.92 Å². The van der Waals surface area contributed by atoms with Crippen molar-refractivity contribution in [3.05, 3.63) is 59.9 Å². The van der Waals surface area contributed by atoms with Gasteiger partial charge in [-0.25, -0.2) is 0 Å². The van der Waals surface area contributed by atoms with Gasteiger partial charge in [0, 0.05) is 29.9 Å². The van der Waals surface area contributed by atoms with E-state index in [0.29, 0.717) is 6.54 Å². The number of hydrogen-bond donors (Lipinski definition) is 1. The molecule has 1 unspecified atom stereocenters. The Balaban J connectivity index is 2.42. The summed E-state index contributed by atoms with van der Waals surface area (Å²) in [5, 5.41) is 0. The average Bonchev–Trinajstić information content (AvgIpc) is 2.41. The molecule has 0 fully saturated rings. The highest BCUT2D eigenvalue weighted by molar-refractivity contribution is 5.40. The molecule has 1 heterocycles. The Bertz CT molecular complexity index is 471. The molecule has 0 spiro atoms. The Morgan fingerprint density at radius 2 is 1.94 bits per heavy atom. The number of methoxy groups -OCH3 is 1. The second-order valence-electron chi connectivity index (χ2n) is 3.78. The van der Waals surface area contributed by atoms with Gasteiger partial charge in [0.2, 0.25) is 0 Å². The molecule has 0 saturated carbocycles. The minimum Gasteiger partial charge on any atom is -0.496 e. The molecule has 3 nitrogen and oxygen atoms in total. The summed E-state index contributed by atoms with van der Waals surface area (Å²) in [5.41, 5.74) is 7.92. The maximum atomic E-state index is 5.86. The zero-order chi connectivity index (χ0) is 12.1. The van der Waals surface area contributed by atoms with Gasteiger partial charge in [0.25, 0.3) is 0 Å². The molecular formula is C14H16N2O. The molecule has 3 heteroatoms. The van der Waals surface area contributed by atoms with Crippen molar-refractivity contribution in [3.63, 3.8) is 0 Å². The number of rotatable bonds is 4. The SMILES string of the molecule is COc1ccccc1C(CN)c1ccccn1. The first kappa shape index (κ1) is 11.6. The van der Waals surface area contributed by atoms with Crippen LogP contribution in [0.15, 0.2) is 48.7 Å². The predicted molar refractivity (Wildman–Crippen MR) is 68.1 cm³/mol. The Hall–Kier alpha value is -1.87. The summed E-state index contributed by atoms with van der Waals surface area (Å²) < 4.78 is 5.37. The molecule has 0 aliphatic heterocycles. The normalized spacial score (nSPS) is 12.1. The predicted octanol–water partition coefficient (Wildman–Crippen LogP) is 2.18. The molecule has 0 radical (unpaired) electrons. The van der Waals surface area contributed by atoms with E-state index in [1.54, 1.807) is 13.3 Å². The number of hydrogen-bond acceptors (Lipinski definition) is 3. The highest BCUT2D eigenvalue weighted by Gasteiger charge is 2.17. The number of nitrogens with two attached hydrogens (primary N) is 1. The standard InChI is InChI=1S/C14H16N2O/c1-17-14-8-3-2-6-11(14)12(10-15)13-7-4-5-9-16-13/h2-9,12H,10,15H2,1H3. The zero-order valence-corrected chi connectivity index (χ0v) is 9.84. The molecule has 2 aromatic rings. The van der Waals surface area contributed by atoms with Gasteiger partial charge < -0.3 is 10.5 Å². The van der Waals surface area contributed by atoms with Gasteiger partial charge in [0.15, 0.2) is 0 Å². The summed E-state index contributed by atoms with van der Waals surface area (Å²) in [4.78, 5) is 4.37.